The van der Waals surface area contributed by atoms with Gasteiger partial charge >= 0.3 is 5.97 Å². The number of nitrogens with zero attached hydrogens (tertiary/aromatic N) is 1. The summed E-state index contributed by atoms with van der Waals surface area (Å²) in [6.07, 6.45) is 0.310. The quantitative estimate of drug-likeness (QED) is 0.557. The van der Waals surface area contributed by atoms with E-state index in [1.165, 1.54) is 24.3 Å². The van der Waals surface area contributed by atoms with E-state index in [9.17, 15) is 14.9 Å². The molecule has 1 aromatic carbocycles. The molecule has 0 aliphatic carbocycles. The predicted octanol–water partition coefficient (Wildman–Crippen LogP) is 1.81. The highest BCUT2D eigenvalue weighted by molar-refractivity contribution is 5.73. The number of rotatable bonds is 8. The normalized spacial score (nSPS) is 12.2. The van der Waals surface area contributed by atoms with Crippen molar-refractivity contribution in [2.45, 2.75) is 32.4 Å². The van der Waals surface area contributed by atoms with Crippen LogP contribution in [-0.4, -0.2) is 34.7 Å². The van der Waals surface area contributed by atoms with Gasteiger partial charge in [0.2, 0.25) is 0 Å². The molecule has 0 aliphatic heterocycles. The maximum Gasteiger partial charge on any atom is 0.320 e. The van der Waals surface area contributed by atoms with E-state index in [-0.39, 0.29) is 18.3 Å². The Bertz CT molecular complexity index is 458. The van der Waals surface area contributed by atoms with Gasteiger partial charge in [0, 0.05) is 24.6 Å². The van der Waals surface area contributed by atoms with Crippen molar-refractivity contribution in [2.75, 3.05) is 6.61 Å². The molecule has 0 bridgehead atoms. The number of carboxylic acid groups (broad SMARTS) is 1. The van der Waals surface area contributed by atoms with Gasteiger partial charge in [0.1, 0.15) is 11.8 Å². The number of ether oxygens (including phenoxy) is 1. The maximum atomic E-state index is 11.0. The Kier molecular flexibility index (Phi) is 5.92. The fourth-order valence-corrected chi connectivity index (χ4v) is 1.64. The summed E-state index contributed by atoms with van der Waals surface area (Å²) < 4.78 is 5.38. The molecular weight excluding hydrogens is 264 g/mol. The molecule has 110 valence electrons. The molecule has 0 aliphatic rings. The maximum absolute atomic E-state index is 11.0. The third-order valence-electron chi connectivity index (χ3n) is 2.56. The van der Waals surface area contributed by atoms with Gasteiger partial charge in [0.25, 0.3) is 5.69 Å². The van der Waals surface area contributed by atoms with Gasteiger partial charge in [0.15, 0.2) is 0 Å². The minimum atomic E-state index is -0.925. The Labute approximate surface area is 116 Å². The van der Waals surface area contributed by atoms with Crippen molar-refractivity contribution in [2.24, 2.45) is 0 Å². The lowest BCUT2D eigenvalue weighted by atomic mass is 10.2. The van der Waals surface area contributed by atoms with Crippen LogP contribution < -0.4 is 10.1 Å². The van der Waals surface area contributed by atoms with Gasteiger partial charge in [-0.2, -0.15) is 0 Å². The smallest absolute Gasteiger partial charge is 0.320 e. The molecule has 0 amide bonds. The molecule has 7 nitrogen and oxygen atoms in total. The van der Waals surface area contributed by atoms with Gasteiger partial charge in [-0.3, -0.25) is 14.9 Å². The van der Waals surface area contributed by atoms with E-state index in [0.717, 1.165) is 0 Å². The molecule has 0 spiro atoms. The average Bonchev–Trinajstić information content (AvgIpc) is 2.37. The van der Waals surface area contributed by atoms with Gasteiger partial charge in [-0.1, -0.05) is 13.8 Å². The first-order chi connectivity index (χ1) is 9.40. The lowest BCUT2D eigenvalue weighted by Crippen LogP contribution is -2.41. The van der Waals surface area contributed by atoms with Gasteiger partial charge < -0.3 is 15.2 Å². The van der Waals surface area contributed by atoms with Crippen LogP contribution in [0, 0.1) is 10.1 Å². The summed E-state index contributed by atoms with van der Waals surface area (Å²) in [4.78, 5) is 21.0. The third kappa shape index (κ3) is 5.23. The summed E-state index contributed by atoms with van der Waals surface area (Å²) >= 11 is 0. The van der Waals surface area contributed by atoms with Crippen LogP contribution in [0.3, 0.4) is 0 Å². The first-order valence-corrected chi connectivity index (χ1v) is 6.26. The molecule has 0 saturated heterocycles. The highest BCUT2D eigenvalue weighted by Gasteiger charge is 2.17. The molecule has 1 atom stereocenters. The SMILES string of the molecule is CC(C)NC(CCOc1ccc([N+](=O)[O-])cc1)C(=O)O. The topological polar surface area (TPSA) is 102 Å². The summed E-state index contributed by atoms with van der Waals surface area (Å²) in [7, 11) is 0. The summed E-state index contributed by atoms with van der Waals surface area (Å²) in [6, 6.07) is 5.06. The van der Waals surface area contributed by atoms with Crippen molar-refractivity contribution < 1.29 is 19.6 Å². The Morgan fingerprint density at radius 1 is 1.40 bits per heavy atom. The number of nitrogens with one attached hydrogen (secondary N) is 1. The van der Waals surface area contributed by atoms with Gasteiger partial charge in [-0.25, -0.2) is 0 Å². The molecule has 0 heterocycles. The van der Waals surface area contributed by atoms with E-state index in [0.29, 0.717) is 12.2 Å². The molecule has 1 unspecified atom stereocenters. The summed E-state index contributed by atoms with van der Waals surface area (Å²) in [5, 5.41) is 22.4. The molecule has 0 aromatic heterocycles. The monoisotopic (exact) mass is 282 g/mol. The van der Waals surface area contributed by atoms with Gasteiger partial charge in [-0.15, -0.1) is 0 Å². The standard InChI is InChI=1S/C13H18N2O5/c1-9(2)14-12(13(16)17)7-8-20-11-5-3-10(4-6-11)15(18)19/h3-6,9,12,14H,7-8H2,1-2H3,(H,16,17). The van der Waals surface area contributed by atoms with Crippen molar-refractivity contribution in [3.05, 3.63) is 34.4 Å². The number of hydrogen-bond acceptors (Lipinski definition) is 5. The number of nitro benzene ring substituents is 1. The Hall–Kier alpha value is -2.15. The predicted molar refractivity (Wildman–Crippen MR) is 72.9 cm³/mol. The van der Waals surface area contributed by atoms with Crippen molar-refractivity contribution >= 4 is 11.7 Å². The van der Waals surface area contributed by atoms with Crippen molar-refractivity contribution in [3.8, 4) is 5.75 Å². The van der Waals surface area contributed by atoms with Gasteiger partial charge in [-0.05, 0) is 12.1 Å². The number of benzene rings is 1. The molecule has 20 heavy (non-hydrogen) atoms. The molecule has 0 radical (unpaired) electrons. The van der Waals surface area contributed by atoms with Crippen molar-refractivity contribution in [1.29, 1.82) is 0 Å². The second-order valence-corrected chi connectivity index (χ2v) is 4.60. The largest absolute Gasteiger partial charge is 0.494 e. The van der Waals surface area contributed by atoms with E-state index < -0.39 is 16.9 Å². The zero-order chi connectivity index (χ0) is 15.1. The Morgan fingerprint density at radius 3 is 2.45 bits per heavy atom. The van der Waals surface area contributed by atoms with Crippen molar-refractivity contribution in [1.82, 2.24) is 5.32 Å². The number of aliphatic carboxylic acids is 1. The number of carbonyl (C=O) groups is 1. The molecule has 2 N–H and O–H groups in total. The summed E-state index contributed by atoms with van der Waals surface area (Å²) in [5.74, 6) is -0.449. The van der Waals surface area contributed by atoms with E-state index in [4.69, 9.17) is 9.84 Å². The molecule has 1 rings (SSSR count). The van der Waals surface area contributed by atoms with Crippen LogP contribution >= 0.6 is 0 Å². The Balaban J connectivity index is 2.46. The fourth-order valence-electron chi connectivity index (χ4n) is 1.64. The number of hydrogen-bond donors (Lipinski definition) is 2. The van der Waals surface area contributed by atoms with Crippen LogP contribution in [0.4, 0.5) is 5.69 Å². The lowest BCUT2D eigenvalue weighted by Gasteiger charge is -2.17. The van der Waals surface area contributed by atoms with E-state index in [1.54, 1.807) is 0 Å². The van der Waals surface area contributed by atoms with Gasteiger partial charge in [0.05, 0.1) is 11.5 Å². The minimum Gasteiger partial charge on any atom is -0.494 e. The van der Waals surface area contributed by atoms with E-state index in [1.807, 2.05) is 13.8 Å². The Morgan fingerprint density at radius 2 is 2.00 bits per heavy atom. The van der Waals surface area contributed by atoms with Crippen LogP contribution in [0.15, 0.2) is 24.3 Å². The number of nitro groups is 1. The average molecular weight is 282 g/mol. The zero-order valence-electron chi connectivity index (χ0n) is 11.4. The minimum absolute atomic E-state index is 0.0118. The van der Waals surface area contributed by atoms with Crippen LogP contribution in [0.25, 0.3) is 0 Å². The van der Waals surface area contributed by atoms with Crippen LogP contribution in [0.1, 0.15) is 20.3 Å². The molecule has 0 fully saturated rings. The number of non-ortho nitro benzene ring substituents is 1. The first-order valence-electron chi connectivity index (χ1n) is 6.26. The lowest BCUT2D eigenvalue weighted by molar-refractivity contribution is -0.384. The second-order valence-electron chi connectivity index (χ2n) is 4.60. The highest BCUT2D eigenvalue weighted by atomic mass is 16.6. The van der Waals surface area contributed by atoms with E-state index >= 15 is 0 Å². The van der Waals surface area contributed by atoms with Crippen LogP contribution in [0.5, 0.6) is 5.75 Å². The first kappa shape index (κ1) is 15.9. The van der Waals surface area contributed by atoms with Crippen molar-refractivity contribution in [3.63, 3.8) is 0 Å². The highest BCUT2D eigenvalue weighted by Crippen LogP contribution is 2.17. The molecular formula is C13H18N2O5. The summed E-state index contributed by atoms with van der Waals surface area (Å²) in [5.41, 5.74) is -0.0118. The molecule has 0 saturated carbocycles. The fraction of sp³-hybridized carbons (Fsp3) is 0.462. The summed E-state index contributed by atoms with van der Waals surface area (Å²) in [6.45, 7) is 3.95. The molecule has 7 heteroatoms. The second kappa shape index (κ2) is 7.44. The number of carboxylic acids is 1. The molecule has 1 aromatic rings. The van der Waals surface area contributed by atoms with E-state index in [2.05, 4.69) is 5.32 Å². The van der Waals surface area contributed by atoms with Crippen LogP contribution in [-0.2, 0) is 4.79 Å². The zero-order valence-corrected chi connectivity index (χ0v) is 11.4. The van der Waals surface area contributed by atoms with Crippen LogP contribution in [0.2, 0.25) is 0 Å². The third-order valence-corrected chi connectivity index (χ3v) is 2.56.